The maximum Gasteiger partial charge on any atom is 0.257 e. The van der Waals surface area contributed by atoms with Crippen LogP contribution in [-0.2, 0) is 0 Å². The third kappa shape index (κ3) is 3.11. The molecule has 1 amide bonds. The van der Waals surface area contributed by atoms with Crippen molar-refractivity contribution >= 4 is 44.8 Å². The second-order valence-electron chi connectivity index (χ2n) is 3.99. The summed E-state index contributed by atoms with van der Waals surface area (Å²) in [7, 11) is 1.73. The molecule has 0 aliphatic rings. The third-order valence-corrected chi connectivity index (χ3v) is 3.61. The van der Waals surface area contributed by atoms with E-state index in [0.717, 1.165) is 6.07 Å². The third-order valence-electron chi connectivity index (χ3n) is 2.69. The highest BCUT2D eigenvalue weighted by Crippen LogP contribution is 2.32. The van der Waals surface area contributed by atoms with Gasteiger partial charge in [-0.05, 0) is 40.2 Å². The van der Waals surface area contributed by atoms with Gasteiger partial charge in [0.1, 0.15) is 5.82 Å². The van der Waals surface area contributed by atoms with Crippen molar-refractivity contribution in [3.8, 4) is 0 Å². The van der Waals surface area contributed by atoms with Crippen molar-refractivity contribution in [2.24, 2.45) is 0 Å². The number of anilines is 2. The normalized spacial score (nSPS) is 10.2. The van der Waals surface area contributed by atoms with Crippen LogP contribution in [0.15, 0.2) is 40.9 Å². The fourth-order valence-corrected chi connectivity index (χ4v) is 2.64. The minimum atomic E-state index is -0.476. The van der Waals surface area contributed by atoms with Gasteiger partial charge in [0.25, 0.3) is 5.91 Å². The number of amides is 1. The van der Waals surface area contributed by atoms with E-state index in [0.29, 0.717) is 21.4 Å². The minimum Gasteiger partial charge on any atom is -0.387 e. The summed E-state index contributed by atoms with van der Waals surface area (Å²) in [4.78, 5) is 12.3. The molecule has 0 atom stereocenters. The monoisotopic (exact) mass is 356 g/mol. The predicted molar refractivity (Wildman–Crippen MR) is 83.1 cm³/mol. The Morgan fingerprint density at radius 2 is 2.00 bits per heavy atom. The van der Waals surface area contributed by atoms with Crippen LogP contribution in [0.4, 0.5) is 15.8 Å². The molecular formula is C14H11BrClFN2O. The molecule has 0 unspecified atom stereocenters. The Bertz CT molecular complexity index is 640. The molecule has 0 bridgehead atoms. The van der Waals surface area contributed by atoms with Gasteiger partial charge < -0.3 is 10.6 Å². The molecule has 0 aliphatic heterocycles. The Kier molecular flexibility index (Phi) is 4.62. The zero-order valence-corrected chi connectivity index (χ0v) is 12.8. The smallest absolute Gasteiger partial charge is 0.257 e. The number of hydrogen-bond donors (Lipinski definition) is 2. The lowest BCUT2D eigenvalue weighted by Crippen LogP contribution is -2.14. The molecule has 0 aliphatic carbocycles. The van der Waals surface area contributed by atoms with E-state index in [-0.39, 0.29) is 10.9 Å². The fraction of sp³-hybridized carbons (Fsp3) is 0.0714. The quantitative estimate of drug-likeness (QED) is 0.847. The van der Waals surface area contributed by atoms with Crippen molar-refractivity contribution in [2.45, 2.75) is 0 Å². The summed E-state index contributed by atoms with van der Waals surface area (Å²) in [5.74, 6) is -0.806. The number of halogens is 3. The van der Waals surface area contributed by atoms with Crippen LogP contribution < -0.4 is 10.6 Å². The molecule has 104 valence electrons. The molecule has 0 heterocycles. The maximum absolute atomic E-state index is 13.2. The average molecular weight is 358 g/mol. The molecule has 0 fully saturated rings. The molecule has 2 aromatic carbocycles. The van der Waals surface area contributed by atoms with E-state index in [4.69, 9.17) is 11.6 Å². The molecule has 2 aromatic rings. The molecule has 0 spiro atoms. The summed E-state index contributed by atoms with van der Waals surface area (Å²) in [5.41, 5.74) is 1.51. The molecule has 0 saturated carbocycles. The van der Waals surface area contributed by atoms with Gasteiger partial charge in [-0.1, -0.05) is 23.7 Å². The van der Waals surface area contributed by atoms with Crippen LogP contribution in [-0.4, -0.2) is 13.0 Å². The average Bonchev–Trinajstić information content (AvgIpc) is 2.42. The van der Waals surface area contributed by atoms with Gasteiger partial charge in [-0.2, -0.15) is 0 Å². The lowest BCUT2D eigenvalue weighted by Gasteiger charge is -2.12. The van der Waals surface area contributed by atoms with Crippen LogP contribution in [0.3, 0.4) is 0 Å². The van der Waals surface area contributed by atoms with Gasteiger partial charge in [0.05, 0.1) is 16.3 Å². The second-order valence-corrected chi connectivity index (χ2v) is 5.26. The number of rotatable bonds is 3. The van der Waals surface area contributed by atoms with E-state index in [9.17, 15) is 9.18 Å². The molecule has 2 rings (SSSR count). The van der Waals surface area contributed by atoms with Crippen LogP contribution in [0.5, 0.6) is 0 Å². The predicted octanol–water partition coefficient (Wildman–Crippen LogP) is 4.54. The minimum absolute atomic E-state index is 0.132. The van der Waals surface area contributed by atoms with Crippen molar-refractivity contribution in [3.05, 3.63) is 57.3 Å². The first-order chi connectivity index (χ1) is 9.52. The topological polar surface area (TPSA) is 41.1 Å². The lowest BCUT2D eigenvalue weighted by molar-refractivity contribution is 0.102. The van der Waals surface area contributed by atoms with Crippen LogP contribution in [0.2, 0.25) is 5.02 Å². The molecule has 0 aromatic heterocycles. The summed E-state index contributed by atoms with van der Waals surface area (Å²) in [6.45, 7) is 0. The summed E-state index contributed by atoms with van der Waals surface area (Å²) in [5, 5.41) is 5.74. The van der Waals surface area contributed by atoms with Crippen LogP contribution in [0.25, 0.3) is 0 Å². The van der Waals surface area contributed by atoms with Gasteiger partial charge in [-0.15, -0.1) is 0 Å². The number of hydrogen-bond acceptors (Lipinski definition) is 2. The molecule has 2 N–H and O–H groups in total. The number of nitrogens with one attached hydrogen (secondary N) is 2. The Morgan fingerprint density at radius 1 is 1.30 bits per heavy atom. The fourth-order valence-electron chi connectivity index (χ4n) is 1.74. The zero-order chi connectivity index (χ0) is 14.7. The Balaban J connectivity index is 2.33. The van der Waals surface area contributed by atoms with Gasteiger partial charge in [-0.3, -0.25) is 4.79 Å². The van der Waals surface area contributed by atoms with Gasteiger partial charge in [0.2, 0.25) is 0 Å². The number of benzene rings is 2. The van der Waals surface area contributed by atoms with Crippen LogP contribution in [0, 0.1) is 5.82 Å². The van der Waals surface area contributed by atoms with Crippen molar-refractivity contribution in [1.82, 2.24) is 0 Å². The SMILES string of the molecule is CNc1ccccc1C(=O)Nc1c(Cl)cc(F)cc1Br. The zero-order valence-electron chi connectivity index (χ0n) is 10.5. The van der Waals surface area contributed by atoms with E-state index in [1.165, 1.54) is 6.07 Å². The van der Waals surface area contributed by atoms with E-state index in [1.54, 1.807) is 25.2 Å². The molecule has 3 nitrogen and oxygen atoms in total. The standard InChI is InChI=1S/C14H11BrClFN2O/c1-18-12-5-3-2-4-9(12)14(20)19-13-10(15)6-8(17)7-11(13)16/h2-7,18H,1H3,(H,19,20). The number of carbonyl (C=O) groups excluding carboxylic acids is 1. The van der Waals surface area contributed by atoms with Crippen LogP contribution >= 0.6 is 27.5 Å². The summed E-state index contributed by atoms with van der Waals surface area (Å²) in [6, 6.07) is 9.45. The maximum atomic E-state index is 13.2. The first kappa shape index (κ1) is 14.8. The molecule has 0 radical (unpaired) electrons. The van der Waals surface area contributed by atoms with Crippen molar-refractivity contribution in [3.63, 3.8) is 0 Å². The largest absolute Gasteiger partial charge is 0.387 e. The second kappa shape index (κ2) is 6.24. The molecule has 20 heavy (non-hydrogen) atoms. The van der Waals surface area contributed by atoms with E-state index >= 15 is 0 Å². The van der Waals surface area contributed by atoms with Gasteiger partial charge >= 0.3 is 0 Å². The van der Waals surface area contributed by atoms with Crippen molar-refractivity contribution in [1.29, 1.82) is 0 Å². The lowest BCUT2D eigenvalue weighted by atomic mass is 10.1. The highest BCUT2D eigenvalue weighted by atomic mass is 79.9. The number of para-hydroxylation sites is 1. The molecular weight excluding hydrogens is 347 g/mol. The Morgan fingerprint density at radius 3 is 2.65 bits per heavy atom. The molecule has 6 heteroatoms. The summed E-state index contributed by atoms with van der Waals surface area (Å²) < 4.78 is 13.5. The van der Waals surface area contributed by atoms with Crippen LogP contribution in [0.1, 0.15) is 10.4 Å². The van der Waals surface area contributed by atoms with E-state index < -0.39 is 5.82 Å². The highest BCUT2D eigenvalue weighted by Gasteiger charge is 2.15. The first-order valence-corrected chi connectivity index (χ1v) is 6.92. The van der Waals surface area contributed by atoms with E-state index in [1.807, 2.05) is 6.07 Å². The van der Waals surface area contributed by atoms with Gasteiger partial charge in [-0.25, -0.2) is 4.39 Å². The summed E-state index contributed by atoms with van der Waals surface area (Å²) in [6.07, 6.45) is 0. The Hall–Kier alpha value is -1.59. The van der Waals surface area contributed by atoms with E-state index in [2.05, 4.69) is 26.6 Å². The Labute approximate surface area is 129 Å². The van der Waals surface area contributed by atoms with Crippen molar-refractivity contribution in [2.75, 3.05) is 17.7 Å². The van der Waals surface area contributed by atoms with Crippen molar-refractivity contribution < 1.29 is 9.18 Å². The van der Waals surface area contributed by atoms with Gasteiger partial charge in [0, 0.05) is 17.2 Å². The highest BCUT2D eigenvalue weighted by molar-refractivity contribution is 9.10. The van der Waals surface area contributed by atoms with Gasteiger partial charge in [0.15, 0.2) is 0 Å². The first-order valence-electron chi connectivity index (χ1n) is 5.75. The summed E-state index contributed by atoms with van der Waals surface area (Å²) >= 11 is 9.12. The molecule has 0 saturated heterocycles. The number of carbonyl (C=O) groups is 1.